The van der Waals surface area contributed by atoms with Crippen molar-refractivity contribution in [3.63, 3.8) is 0 Å². The molecule has 2 aromatic heterocycles. The summed E-state index contributed by atoms with van der Waals surface area (Å²) in [5.41, 5.74) is 3.36. The highest BCUT2D eigenvalue weighted by Gasteiger charge is 2.10. The van der Waals surface area contributed by atoms with Crippen LogP contribution in [0.15, 0.2) is 35.8 Å². The minimum Gasteiger partial charge on any atom is -0.360 e. The molecule has 0 aliphatic heterocycles. The second-order valence-corrected chi connectivity index (χ2v) is 5.60. The Kier molecular flexibility index (Phi) is 3.25. The van der Waals surface area contributed by atoms with Crippen LogP contribution in [-0.2, 0) is 0 Å². The molecule has 0 amide bonds. The van der Waals surface area contributed by atoms with Crippen LogP contribution in [-0.4, -0.2) is 16.0 Å². The highest BCUT2D eigenvalue weighted by atomic mass is 32.1. The second-order valence-electron chi connectivity index (χ2n) is 4.74. The van der Waals surface area contributed by atoms with E-state index < -0.39 is 0 Å². The number of aromatic amines is 1. The summed E-state index contributed by atoms with van der Waals surface area (Å²) in [4.78, 5) is 7.97. The fourth-order valence-electron chi connectivity index (χ4n) is 2.06. The Balaban J connectivity index is 1.94. The number of hydrogen-bond acceptors (Lipinski definition) is 3. The number of para-hydroxylation sites is 1. The number of fused-ring (bicyclic) bond motifs is 1. The molecule has 3 nitrogen and oxygen atoms in total. The molecule has 2 heterocycles. The molecule has 1 atom stereocenters. The number of H-pyrrole nitrogens is 1. The zero-order valence-corrected chi connectivity index (χ0v) is 11.9. The first-order chi connectivity index (χ1) is 9.28. The van der Waals surface area contributed by atoms with Crippen molar-refractivity contribution in [1.82, 2.24) is 9.97 Å². The Bertz CT molecular complexity index is 683. The van der Waals surface area contributed by atoms with Crippen molar-refractivity contribution in [2.75, 3.05) is 5.32 Å². The van der Waals surface area contributed by atoms with Gasteiger partial charge in [-0.1, -0.05) is 25.1 Å². The summed E-state index contributed by atoms with van der Waals surface area (Å²) < 4.78 is 0. The smallest absolute Gasteiger partial charge is 0.183 e. The average molecular weight is 271 g/mol. The molecule has 2 N–H and O–H groups in total. The molecule has 1 aromatic carbocycles. The number of nitrogens with one attached hydrogen (secondary N) is 2. The minimum absolute atomic E-state index is 0.460. The largest absolute Gasteiger partial charge is 0.360 e. The van der Waals surface area contributed by atoms with Crippen molar-refractivity contribution in [3.05, 3.63) is 35.8 Å². The Morgan fingerprint density at radius 1 is 1.37 bits per heavy atom. The molecule has 0 saturated heterocycles. The number of anilines is 1. The zero-order valence-electron chi connectivity index (χ0n) is 11.1. The maximum absolute atomic E-state index is 4.68. The standard InChI is InChI=1S/C15H17N3S/c1-3-10(2)17-15-18-14(9-19-15)12-8-16-13-7-5-4-6-11(12)13/h4-10,16H,3H2,1-2H3,(H,17,18)/t10-/m0/s1. The molecular weight excluding hydrogens is 254 g/mol. The summed E-state index contributed by atoms with van der Waals surface area (Å²) in [7, 11) is 0. The van der Waals surface area contributed by atoms with Gasteiger partial charge in [0.15, 0.2) is 5.13 Å². The van der Waals surface area contributed by atoms with Gasteiger partial charge < -0.3 is 10.3 Å². The Labute approximate surface area is 116 Å². The van der Waals surface area contributed by atoms with Gasteiger partial charge in [-0.25, -0.2) is 4.98 Å². The van der Waals surface area contributed by atoms with Gasteiger partial charge in [0.2, 0.25) is 0 Å². The number of hydrogen-bond donors (Lipinski definition) is 2. The lowest BCUT2D eigenvalue weighted by Crippen LogP contribution is -2.12. The van der Waals surface area contributed by atoms with Gasteiger partial charge in [-0.3, -0.25) is 0 Å². The molecule has 0 radical (unpaired) electrons. The van der Waals surface area contributed by atoms with Crippen LogP contribution in [0.4, 0.5) is 5.13 Å². The van der Waals surface area contributed by atoms with Crippen LogP contribution >= 0.6 is 11.3 Å². The van der Waals surface area contributed by atoms with Crippen molar-refractivity contribution in [2.45, 2.75) is 26.3 Å². The normalized spacial score (nSPS) is 12.7. The number of benzene rings is 1. The molecule has 0 unspecified atom stereocenters. The zero-order chi connectivity index (χ0) is 13.2. The lowest BCUT2D eigenvalue weighted by atomic mass is 10.1. The predicted molar refractivity (Wildman–Crippen MR) is 82.8 cm³/mol. The molecule has 0 bridgehead atoms. The van der Waals surface area contributed by atoms with Gasteiger partial charge in [-0.2, -0.15) is 0 Å². The van der Waals surface area contributed by atoms with Gasteiger partial charge in [-0.15, -0.1) is 11.3 Å². The SMILES string of the molecule is CC[C@H](C)Nc1nc(-c2c[nH]c3ccccc23)cs1. The van der Waals surface area contributed by atoms with Crippen LogP contribution in [0.2, 0.25) is 0 Å². The summed E-state index contributed by atoms with van der Waals surface area (Å²) >= 11 is 1.66. The van der Waals surface area contributed by atoms with Crippen molar-refractivity contribution in [2.24, 2.45) is 0 Å². The first kappa shape index (κ1) is 12.2. The third-order valence-electron chi connectivity index (χ3n) is 3.35. The van der Waals surface area contributed by atoms with Gasteiger partial charge in [-0.05, 0) is 19.4 Å². The monoisotopic (exact) mass is 271 g/mol. The lowest BCUT2D eigenvalue weighted by molar-refractivity contribution is 0.763. The molecule has 19 heavy (non-hydrogen) atoms. The average Bonchev–Trinajstić information content (AvgIpc) is 3.04. The van der Waals surface area contributed by atoms with E-state index in [1.54, 1.807) is 11.3 Å². The van der Waals surface area contributed by atoms with Gasteiger partial charge >= 0.3 is 0 Å². The fourth-order valence-corrected chi connectivity index (χ4v) is 2.88. The second kappa shape index (κ2) is 5.05. The van der Waals surface area contributed by atoms with Crippen molar-refractivity contribution < 1.29 is 0 Å². The maximum Gasteiger partial charge on any atom is 0.183 e. The number of thiazole rings is 1. The minimum atomic E-state index is 0.460. The molecule has 0 aliphatic rings. The highest BCUT2D eigenvalue weighted by Crippen LogP contribution is 2.31. The highest BCUT2D eigenvalue weighted by molar-refractivity contribution is 7.14. The van der Waals surface area contributed by atoms with Crippen molar-refractivity contribution in [3.8, 4) is 11.3 Å². The van der Waals surface area contributed by atoms with E-state index in [1.165, 1.54) is 10.9 Å². The van der Waals surface area contributed by atoms with E-state index in [9.17, 15) is 0 Å². The van der Waals surface area contributed by atoms with Gasteiger partial charge in [0.1, 0.15) is 0 Å². The van der Waals surface area contributed by atoms with Crippen LogP contribution in [0.3, 0.4) is 0 Å². The lowest BCUT2D eigenvalue weighted by Gasteiger charge is -2.08. The summed E-state index contributed by atoms with van der Waals surface area (Å²) in [6.45, 7) is 4.35. The van der Waals surface area contributed by atoms with Crippen molar-refractivity contribution in [1.29, 1.82) is 0 Å². The van der Waals surface area contributed by atoms with Crippen LogP contribution in [0.5, 0.6) is 0 Å². The number of aromatic nitrogens is 2. The van der Waals surface area contributed by atoms with Gasteiger partial charge in [0.05, 0.1) is 5.69 Å². The Hall–Kier alpha value is -1.81. The third-order valence-corrected chi connectivity index (χ3v) is 4.13. The van der Waals surface area contributed by atoms with Crippen LogP contribution in [0.25, 0.3) is 22.2 Å². The molecule has 4 heteroatoms. The molecule has 0 spiro atoms. The van der Waals surface area contributed by atoms with E-state index in [-0.39, 0.29) is 0 Å². The molecule has 0 fully saturated rings. The molecule has 98 valence electrons. The Morgan fingerprint density at radius 2 is 2.21 bits per heavy atom. The summed E-state index contributed by atoms with van der Waals surface area (Å²) in [5.74, 6) is 0. The van der Waals surface area contributed by atoms with E-state index in [0.717, 1.165) is 22.8 Å². The van der Waals surface area contributed by atoms with Crippen molar-refractivity contribution >= 4 is 27.4 Å². The van der Waals surface area contributed by atoms with Crippen LogP contribution in [0, 0.1) is 0 Å². The topological polar surface area (TPSA) is 40.7 Å². The number of nitrogens with zero attached hydrogens (tertiary/aromatic N) is 1. The summed E-state index contributed by atoms with van der Waals surface area (Å²) in [6, 6.07) is 8.78. The molecule has 0 aliphatic carbocycles. The van der Waals surface area contributed by atoms with Crippen LogP contribution in [0.1, 0.15) is 20.3 Å². The predicted octanol–water partition coefficient (Wildman–Crippen LogP) is 4.50. The summed E-state index contributed by atoms with van der Waals surface area (Å²) in [6.07, 6.45) is 3.13. The van der Waals surface area contributed by atoms with E-state index in [4.69, 9.17) is 0 Å². The maximum atomic E-state index is 4.68. The van der Waals surface area contributed by atoms with E-state index >= 15 is 0 Å². The molecular formula is C15H17N3S. The van der Waals surface area contributed by atoms with E-state index in [0.29, 0.717) is 6.04 Å². The van der Waals surface area contributed by atoms with E-state index in [1.807, 2.05) is 12.3 Å². The van der Waals surface area contributed by atoms with Gasteiger partial charge in [0, 0.05) is 34.1 Å². The Morgan fingerprint density at radius 3 is 3.05 bits per heavy atom. The molecule has 3 aromatic rings. The first-order valence-electron chi connectivity index (χ1n) is 6.56. The van der Waals surface area contributed by atoms with Gasteiger partial charge in [0.25, 0.3) is 0 Å². The fraction of sp³-hybridized carbons (Fsp3) is 0.267. The quantitative estimate of drug-likeness (QED) is 0.733. The van der Waals surface area contributed by atoms with Crippen LogP contribution < -0.4 is 5.32 Å². The summed E-state index contributed by atoms with van der Waals surface area (Å²) in [5, 5.41) is 7.75. The number of rotatable bonds is 4. The third kappa shape index (κ3) is 2.36. The first-order valence-corrected chi connectivity index (χ1v) is 7.44. The molecule has 0 saturated carbocycles. The molecule has 3 rings (SSSR count). The van der Waals surface area contributed by atoms with E-state index in [2.05, 4.69) is 52.7 Å².